The standard InChI is InChI=1S/C33H38ClN3O6S/c1-2-44(40,41)37(27-16-17-30-31(21-27)43-19-18-42-30)23-32(38)36(22-25-12-6-9-15-28(25)34)29(20-24-10-4-3-5-11-24)33(39)35-26-13-7-8-14-26/h3-6,9-12,15-17,21,26,29H,2,7-8,13-14,18-20,22-23H2,1H3,(H,35,39)/t29-/m0/s1. The van der Waals surface area contributed by atoms with E-state index in [0.29, 0.717) is 35.3 Å². The Balaban J connectivity index is 1.53. The highest BCUT2D eigenvalue weighted by Gasteiger charge is 2.35. The van der Waals surface area contributed by atoms with E-state index in [9.17, 15) is 18.0 Å². The van der Waals surface area contributed by atoms with Crippen LogP contribution in [0.3, 0.4) is 0 Å². The van der Waals surface area contributed by atoms with Crippen LogP contribution < -0.4 is 19.1 Å². The summed E-state index contributed by atoms with van der Waals surface area (Å²) in [4.78, 5) is 29.9. The number of amides is 2. The van der Waals surface area contributed by atoms with E-state index in [1.807, 2.05) is 36.4 Å². The number of nitrogens with one attached hydrogen (secondary N) is 1. The summed E-state index contributed by atoms with van der Waals surface area (Å²) < 4.78 is 39.3. The molecule has 0 unspecified atom stereocenters. The lowest BCUT2D eigenvalue weighted by molar-refractivity contribution is -0.140. The van der Waals surface area contributed by atoms with E-state index in [0.717, 1.165) is 35.6 Å². The average molecular weight is 640 g/mol. The number of halogens is 1. The summed E-state index contributed by atoms with van der Waals surface area (Å²) in [6.45, 7) is 1.76. The second-order valence-electron chi connectivity index (χ2n) is 11.0. The molecule has 0 spiro atoms. The van der Waals surface area contributed by atoms with E-state index in [1.165, 1.54) is 11.8 Å². The van der Waals surface area contributed by atoms with Crippen LogP contribution in [0.2, 0.25) is 5.02 Å². The van der Waals surface area contributed by atoms with E-state index >= 15 is 0 Å². The Hall–Kier alpha value is -3.76. The smallest absolute Gasteiger partial charge is 0.244 e. The molecule has 1 aliphatic carbocycles. The first-order chi connectivity index (χ1) is 21.2. The van der Waals surface area contributed by atoms with Crippen molar-refractivity contribution in [2.24, 2.45) is 0 Å². The lowest BCUT2D eigenvalue weighted by Gasteiger charge is -2.34. The van der Waals surface area contributed by atoms with Crippen molar-refractivity contribution in [3.8, 4) is 11.5 Å². The average Bonchev–Trinajstić information content (AvgIpc) is 3.55. The number of ether oxygens (including phenoxy) is 2. The van der Waals surface area contributed by atoms with E-state index in [2.05, 4.69) is 5.32 Å². The first-order valence-corrected chi connectivity index (χ1v) is 17.0. The molecule has 1 heterocycles. The highest BCUT2D eigenvalue weighted by Crippen LogP contribution is 2.35. The molecule has 0 bridgehead atoms. The van der Waals surface area contributed by atoms with Crippen molar-refractivity contribution in [3.05, 3.63) is 88.9 Å². The van der Waals surface area contributed by atoms with Crippen LogP contribution in [-0.4, -0.2) is 62.7 Å². The molecule has 11 heteroatoms. The molecule has 1 saturated carbocycles. The minimum atomic E-state index is -3.91. The van der Waals surface area contributed by atoms with Gasteiger partial charge in [-0.1, -0.05) is 73.0 Å². The molecule has 5 rings (SSSR count). The first-order valence-electron chi connectivity index (χ1n) is 15.0. The van der Waals surface area contributed by atoms with Gasteiger partial charge in [-0.2, -0.15) is 0 Å². The molecule has 1 aliphatic heterocycles. The van der Waals surface area contributed by atoms with Crippen LogP contribution in [0, 0.1) is 0 Å². The van der Waals surface area contributed by atoms with Crippen molar-refractivity contribution in [2.75, 3.05) is 29.8 Å². The number of benzene rings is 3. The Kier molecular flexibility index (Phi) is 10.3. The number of carbonyl (C=O) groups excluding carboxylic acids is 2. The summed E-state index contributed by atoms with van der Waals surface area (Å²) in [5.41, 5.74) is 1.80. The molecule has 0 aromatic heterocycles. The zero-order valence-electron chi connectivity index (χ0n) is 24.8. The van der Waals surface area contributed by atoms with Crippen molar-refractivity contribution in [2.45, 2.75) is 57.7 Å². The van der Waals surface area contributed by atoms with Gasteiger partial charge in [0.05, 0.1) is 11.4 Å². The van der Waals surface area contributed by atoms with Crippen molar-refractivity contribution < 1.29 is 27.5 Å². The van der Waals surface area contributed by atoms with Crippen molar-refractivity contribution >= 4 is 39.1 Å². The van der Waals surface area contributed by atoms with Gasteiger partial charge >= 0.3 is 0 Å². The summed E-state index contributed by atoms with van der Waals surface area (Å²) in [5, 5.41) is 3.62. The normalized spacial score (nSPS) is 15.4. The molecular weight excluding hydrogens is 602 g/mol. The molecule has 1 atom stereocenters. The van der Waals surface area contributed by atoms with Crippen LogP contribution in [0.1, 0.15) is 43.7 Å². The predicted octanol–water partition coefficient (Wildman–Crippen LogP) is 4.97. The fourth-order valence-electron chi connectivity index (χ4n) is 5.64. The summed E-state index contributed by atoms with van der Waals surface area (Å²) in [6, 6.07) is 20.6. The van der Waals surface area contributed by atoms with Crippen LogP contribution in [0.4, 0.5) is 5.69 Å². The third kappa shape index (κ3) is 7.65. The Morgan fingerprint density at radius 2 is 1.64 bits per heavy atom. The molecular formula is C33H38ClN3O6S. The monoisotopic (exact) mass is 639 g/mol. The molecule has 3 aromatic rings. The zero-order chi connectivity index (χ0) is 31.1. The second-order valence-corrected chi connectivity index (χ2v) is 13.6. The lowest BCUT2D eigenvalue weighted by Crippen LogP contribution is -2.54. The highest BCUT2D eigenvalue weighted by atomic mass is 35.5. The summed E-state index contributed by atoms with van der Waals surface area (Å²) in [5.74, 6) is -0.116. The number of sulfonamides is 1. The first kappa shape index (κ1) is 31.7. The molecule has 234 valence electrons. The van der Waals surface area contributed by atoms with Gasteiger partial charge in [0.15, 0.2) is 11.5 Å². The maximum absolute atomic E-state index is 14.4. The van der Waals surface area contributed by atoms with Crippen LogP contribution in [-0.2, 0) is 32.6 Å². The number of carbonyl (C=O) groups is 2. The highest BCUT2D eigenvalue weighted by molar-refractivity contribution is 7.92. The van der Waals surface area contributed by atoms with E-state index in [4.69, 9.17) is 21.1 Å². The molecule has 9 nitrogen and oxygen atoms in total. The molecule has 1 fully saturated rings. The predicted molar refractivity (Wildman–Crippen MR) is 171 cm³/mol. The third-order valence-electron chi connectivity index (χ3n) is 8.06. The van der Waals surface area contributed by atoms with Gasteiger partial charge in [-0.15, -0.1) is 0 Å². The molecule has 3 aromatic carbocycles. The van der Waals surface area contributed by atoms with Crippen molar-refractivity contribution in [1.82, 2.24) is 10.2 Å². The molecule has 1 N–H and O–H groups in total. The summed E-state index contributed by atoms with van der Waals surface area (Å²) in [7, 11) is -3.91. The maximum Gasteiger partial charge on any atom is 0.244 e. The van der Waals surface area contributed by atoms with Crippen LogP contribution in [0.15, 0.2) is 72.8 Å². The number of nitrogens with zero attached hydrogens (tertiary/aromatic N) is 2. The summed E-state index contributed by atoms with van der Waals surface area (Å²) in [6.07, 6.45) is 4.09. The fourth-order valence-corrected chi connectivity index (χ4v) is 6.89. The van der Waals surface area contributed by atoms with Gasteiger partial charge in [0.25, 0.3) is 0 Å². The van der Waals surface area contributed by atoms with Crippen LogP contribution >= 0.6 is 11.6 Å². The van der Waals surface area contributed by atoms with E-state index in [-0.39, 0.29) is 36.4 Å². The SMILES string of the molecule is CCS(=O)(=O)N(CC(=O)N(Cc1ccccc1Cl)[C@@H](Cc1ccccc1)C(=O)NC1CCCC1)c1ccc2c(c1)OCCO2. The van der Waals surface area contributed by atoms with Crippen molar-refractivity contribution in [1.29, 1.82) is 0 Å². The number of rotatable bonds is 12. The maximum atomic E-state index is 14.4. The van der Waals surface area contributed by atoms with E-state index < -0.39 is 28.5 Å². The second kappa shape index (κ2) is 14.3. The van der Waals surface area contributed by atoms with Gasteiger partial charge in [-0.3, -0.25) is 13.9 Å². The van der Waals surface area contributed by atoms with Gasteiger partial charge in [-0.05, 0) is 49.1 Å². The Morgan fingerprint density at radius 1 is 0.955 bits per heavy atom. The lowest BCUT2D eigenvalue weighted by atomic mass is 10.0. The molecule has 2 amide bonds. The van der Waals surface area contributed by atoms with Gasteiger partial charge in [0.2, 0.25) is 21.8 Å². The largest absolute Gasteiger partial charge is 0.486 e. The molecule has 44 heavy (non-hydrogen) atoms. The Labute approximate surface area is 264 Å². The van der Waals surface area contributed by atoms with Gasteiger partial charge in [-0.25, -0.2) is 8.42 Å². The number of hydrogen-bond acceptors (Lipinski definition) is 6. The molecule has 0 saturated heterocycles. The summed E-state index contributed by atoms with van der Waals surface area (Å²) >= 11 is 6.55. The van der Waals surface area contributed by atoms with Gasteiger partial charge < -0.3 is 19.7 Å². The van der Waals surface area contributed by atoms with Crippen molar-refractivity contribution in [3.63, 3.8) is 0 Å². The minimum Gasteiger partial charge on any atom is -0.486 e. The zero-order valence-corrected chi connectivity index (χ0v) is 26.4. The number of fused-ring (bicyclic) bond motifs is 1. The Bertz CT molecular complexity index is 1560. The van der Waals surface area contributed by atoms with Gasteiger partial charge in [0.1, 0.15) is 25.8 Å². The fraction of sp³-hybridized carbons (Fsp3) is 0.394. The number of anilines is 1. The van der Waals surface area contributed by atoms with E-state index in [1.54, 1.807) is 36.4 Å². The van der Waals surface area contributed by atoms with Crippen LogP contribution in [0.5, 0.6) is 11.5 Å². The number of hydrogen-bond donors (Lipinski definition) is 1. The molecule has 0 radical (unpaired) electrons. The minimum absolute atomic E-state index is 0.0231. The van der Waals surface area contributed by atoms with Gasteiger partial charge in [0, 0.05) is 30.1 Å². The Morgan fingerprint density at radius 3 is 2.34 bits per heavy atom. The van der Waals surface area contributed by atoms with Crippen LogP contribution in [0.25, 0.3) is 0 Å². The quantitative estimate of drug-likeness (QED) is 0.300. The third-order valence-corrected chi connectivity index (χ3v) is 10.2. The molecule has 2 aliphatic rings. The topological polar surface area (TPSA) is 105 Å².